The number of hydrogen-bond donors (Lipinski definition) is 1. The van der Waals surface area contributed by atoms with Gasteiger partial charge in [0, 0.05) is 23.5 Å². The highest BCUT2D eigenvalue weighted by Gasteiger charge is 2.23. The summed E-state index contributed by atoms with van der Waals surface area (Å²) in [5, 5.41) is 4.40. The molecule has 0 amide bonds. The second-order valence-electron chi connectivity index (χ2n) is 4.41. The third-order valence-corrected chi connectivity index (χ3v) is 3.33. The first-order chi connectivity index (χ1) is 7.70. The van der Waals surface area contributed by atoms with E-state index in [0.717, 1.165) is 24.3 Å². The average Bonchev–Trinajstić information content (AvgIpc) is 2.61. The lowest BCUT2D eigenvalue weighted by atomic mass is 10.1. The van der Waals surface area contributed by atoms with Crippen LogP contribution in [-0.4, -0.2) is 6.04 Å². The fraction of sp³-hybridized carbons (Fsp3) is 0.429. The summed E-state index contributed by atoms with van der Waals surface area (Å²) in [4.78, 5) is 0. The van der Waals surface area contributed by atoms with Crippen LogP contribution in [0.5, 0.6) is 0 Å². The Labute approximate surface area is 102 Å². The molecule has 2 heteroatoms. The third kappa shape index (κ3) is 2.40. The van der Waals surface area contributed by atoms with Crippen molar-refractivity contribution >= 4 is 11.6 Å². The molecule has 0 aromatic heterocycles. The van der Waals surface area contributed by atoms with Crippen LogP contribution in [0.25, 0.3) is 0 Å². The van der Waals surface area contributed by atoms with Crippen molar-refractivity contribution in [1.82, 2.24) is 5.32 Å². The number of halogens is 1. The Balaban J connectivity index is 2.09. The van der Waals surface area contributed by atoms with Gasteiger partial charge >= 0.3 is 0 Å². The second kappa shape index (κ2) is 4.91. The van der Waals surface area contributed by atoms with E-state index in [1.54, 1.807) is 0 Å². The Kier molecular flexibility index (Phi) is 3.53. The number of rotatable bonds is 3. The van der Waals surface area contributed by atoms with Gasteiger partial charge in [-0.05, 0) is 43.0 Å². The van der Waals surface area contributed by atoms with Crippen molar-refractivity contribution in [3.05, 3.63) is 34.3 Å². The van der Waals surface area contributed by atoms with Crippen LogP contribution < -0.4 is 5.32 Å². The zero-order valence-corrected chi connectivity index (χ0v) is 10.2. The summed E-state index contributed by atoms with van der Waals surface area (Å²) in [5.74, 6) is 2.69. The quantitative estimate of drug-likeness (QED) is 0.790. The summed E-state index contributed by atoms with van der Waals surface area (Å²) in [6.07, 6.45) is 8.34. The number of fused-ring (bicyclic) bond motifs is 1. The van der Waals surface area contributed by atoms with Crippen LogP contribution in [0.15, 0.2) is 18.2 Å². The Bertz CT molecular complexity index is 419. The summed E-state index contributed by atoms with van der Waals surface area (Å²) < 4.78 is 0. The number of terminal acetylenes is 1. The predicted molar refractivity (Wildman–Crippen MR) is 68.6 cm³/mol. The average molecular weight is 234 g/mol. The van der Waals surface area contributed by atoms with E-state index in [9.17, 15) is 0 Å². The number of nitrogens with one attached hydrogen (secondary N) is 1. The van der Waals surface area contributed by atoms with Crippen LogP contribution in [0.3, 0.4) is 0 Å². The topological polar surface area (TPSA) is 12.0 Å². The van der Waals surface area contributed by atoms with Crippen LogP contribution >= 0.6 is 11.6 Å². The van der Waals surface area contributed by atoms with Gasteiger partial charge in [-0.25, -0.2) is 0 Å². The Morgan fingerprint density at radius 2 is 2.44 bits per heavy atom. The maximum atomic E-state index is 5.98. The Morgan fingerprint density at radius 3 is 3.19 bits per heavy atom. The first-order valence-electron chi connectivity index (χ1n) is 5.68. The molecule has 1 aromatic rings. The van der Waals surface area contributed by atoms with Crippen molar-refractivity contribution in [3.63, 3.8) is 0 Å². The molecule has 0 bridgehead atoms. The van der Waals surface area contributed by atoms with E-state index < -0.39 is 0 Å². The van der Waals surface area contributed by atoms with Gasteiger partial charge in [0.25, 0.3) is 0 Å². The fourth-order valence-electron chi connectivity index (χ4n) is 2.34. The van der Waals surface area contributed by atoms with Crippen LogP contribution in [0, 0.1) is 12.3 Å². The van der Waals surface area contributed by atoms with Crippen LogP contribution in [0.2, 0.25) is 5.02 Å². The molecule has 84 valence electrons. The van der Waals surface area contributed by atoms with E-state index in [-0.39, 0.29) is 0 Å². The number of benzene rings is 1. The maximum absolute atomic E-state index is 5.98. The Morgan fingerprint density at radius 1 is 1.62 bits per heavy atom. The molecule has 0 aliphatic heterocycles. The number of aryl methyl sites for hydroxylation is 1. The summed E-state index contributed by atoms with van der Waals surface area (Å²) >= 11 is 5.98. The zero-order valence-electron chi connectivity index (χ0n) is 9.46. The monoisotopic (exact) mass is 233 g/mol. The SMILES string of the molecule is C#CCC(C)NC1CCc2cc(Cl)ccc21. The van der Waals surface area contributed by atoms with E-state index in [2.05, 4.69) is 30.3 Å². The molecule has 0 saturated carbocycles. The van der Waals surface area contributed by atoms with E-state index in [0.29, 0.717) is 12.1 Å². The Hall–Kier alpha value is -0.970. The van der Waals surface area contributed by atoms with Crippen molar-refractivity contribution in [2.75, 3.05) is 0 Å². The molecule has 0 saturated heterocycles. The number of hydrogen-bond acceptors (Lipinski definition) is 1. The molecule has 1 aromatic carbocycles. The van der Waals surface area contributed by atoms with E-state index in [1.807, 2.05) is 6.07 Å². The van der Waals surface area contributed by atoms with E-state index in [1.165, 1.54) is 11.1 Å². The van der Waals surface area contributed by atoms with E-state index in [4.69, 9.17) is 18.0 Å². The van der Waals surface area contributed by atoms with E-state index >= 15 is 0 Å². The lowest BCUT2D eigenvalue weighted by molar-refractivity contribution is 0.459. The second-order valence-corrected chi connectivity index (χ2v) is 4.85. The van der Waals surface area contributed by atoms with Gasteiger partial charge in [-0.3, -0.25) is 0 Å². The minimum atomic E-state index is 0.372. The molecule has 1 N–H and O–H groups in total. The molecule has 2 rings (SSSR count). The molecule has 2 atom stereocenters. The molecule has 0 heterocycles. The van der Waals surface area contributed by atoms with Gasteiger partial charge in [0.1, 0.15) is 0 Å². The molecule has 1 nitrogen and oxygen atoms in total. The first-order valence-corrected chi connectivity index (χ1v) is 6.06. The van der Waals surface area contributed by atoms with Gasteiger partial charge in [-0.1, -0.05) is 17.7 Å². The highest BCUT2D eigenvalue weighted by molar-refractivity contribution is 6.30. The molecule has 0 fully saturated rings. The minimum absolute atomic E-state index is 0.372. The highest BCUT2D eigenvalue weighted by atomic mass is 35.5. The highest BCUT2D eigenvalue weighted by Crippen LogP contribution is 2.33. The normalized spacial score (nSPS) is 20.2. The fourth-order valence-corrected chi connectivity index (χ4v) is 2.53. The molecule has 0 spiro atoms. The standard InChI is InChI=1S/C14H16ClN/c1-3-4-10(2)16-14-8-5-11-9-12(15)6-7-13(11)14/h1,6-7,9-10,14,16H,4-5,8H2,2H3. The zero-order chi connectivity index (χ0) is 11.5. The van der Waals surface area contributed by atoms with Crippen molar-refractivity contribution < 1.29 is 0 Å². The van der Waals surface area contributed by atoms with Gasteiger partial charge in [-0.2, -0.15) is 0 Å². The van der Waals surface area contributed by atoms with Crippen molar-refractivity contribution in [2.24, 2.45) is 0 Å². The van der Waals surface area contributed by atoms with Crippen molar-refractivity contribution in [1.29, 1.82) is 0 Å². The van der Waals surface area contributed by atoms with Gasteiger partial charge < -0.3 is 5.32 Å². The lowest BCUT2D eigenvalue weighted by Crippen LogP contribution is -2.28. The molecular formula is C14H16ClN. The predicted octanol–water partition coefficient (Wildman–Crippen LogP) is 3.33. The van der Waals surface area contributed by atoms with Gasteiger partial charge in [0.15, 0.2) is 0 Å². The summed E-state index contributed by atoms with van der Waals surface area (Å²) in [7, 11) is 0. The van der Waals surface area contributed by atoms with Crippen molar-refractivity contribution in [3.8, 4) is 12.3 Å². The van der Waals surface area contributed by atoms with Gasteiger partial charge in [0.05, 0.1) is 0 Å². The van der Waals surface area contributed by atoms with Crippen LogP contribution in [0.1, 0.15) is 36.9 Å². The molecule has 2 unspecified atom stereocenters. The lowest BCUT2D eigenvalue weighted by Gasteiger charge is -2.18. The summed E-state index contributed by atoms with van der Waals surface area (Å²) in [6.45, 7) is 2.13. The van der Waals surface area contributed by atoms with Crippen LogP contribution in [0.4, 0.5) is 0 Å². The summed E-state index contributed by atoms with van der Waals surface area (Å²) in [6, 6.07) is 6.98. The van der Waals surface area contributed by atoms with Gasteiger partial charge in [-0.15, -0.1) is 12.3 Å². The minimum Gasteiger partial charge on any atom is -0.306 e. The van der Waals surface area contributed by atoms with Crippen LogP contribution in [-0.2, 0) is 6.42 Å². The molecular weight excluding hydrogens is 218 g/mol. The smallest absolute Gasteiger partial charge is 0.0408 e. The molecule has 1 aliphatic carbocycles. The van der Waals surface area contributed by atoms with Crippen molar-refractivity contribution in [2.45, 2.75) is 38.3 Å². The molecule has 16 heavy (non-hydrogen) atoms. The molecule has 1 aliphatic rings. The van der Waals surface area contributed by atoms with Gasteiger partial charge in [0.2, 0.25) is 0 Å². The summed E-state index contributed by atoms with van der Waals surface area (Å²) in [5.41, 5.74) is 2.76. The third-order valence-electron chi connectivity index (χ3n) is 3.09. The maximum Gasteiger partial charge on any atom is 0.0408 e. The largest absolute Gasteiger partial charge is 0.306 e. The molecule has 0 radical (unpaired) electrons. The first kappa shape index (κ1) is 11.5.